The molecule has 5 heterocycles. The Kier molecular flexibility index (Phi) is 6.19. The van der Waals surface area contributed by atoms with Crippen LogP contribution < -0.4 is 4.90 Å². The Morgan fingerprint density at radius 3 is 2.54 bits per heavy atom. The molecule has 0 spiro atoms. The summed E-state index contributed by atoms with van der Waals surface area (Å²) in [5, 5.41) is 19.1. The van der Waals surface area contributed by atoms with Gasteiger partial charge in [0.15, 0.2) is 5.82 Å². The van der Waals surface area contributed by atoms with Crippen molar-refractivity contribution in [3.8, 4) is 5.69 Å². The molecule has 3 aromatic rings. The van der Waals surface area contributed by atoms with Gasteiger partial charge in [0.1, 0.15) is 11.6 Å². The maximum absolute atomic E-state index is 13.5. The van der Waals surface area contributed by atoms with E-state index in [2.05, 4.69) is 24.6 Å². The molecule has 0 saturated carbocycles. The van der Waals surface area contributed by atoms with Crippen LogP contribution in [0, 0.1) is 5.92 Å². The van der Waals surface area contributed by atoms with Gasteiger partial charge in [0.25, 0.3) is 0 Å². The fraction of sp³-hybridized carbons (Fsp3) is 0.423. The second-order valence-corrected chi connectivity index (χ2v) is 10.4. The number of likely N-dealkylation sites (tertiary alicyclic amines) is 1. The number of piperidine rings is 1. The van der Waals surface area contributed by atoms with E-state index < -0.39 is 6.09 Å². The number of carboxylic acid groups (broad SMARTS) is 1. The molecular weight excluding hydrogens is 494 g/mol. The first-order chi connectivity index (χ1) is 18.0. The molecule has 6 rings (SSSR count). The third kappa shape index (κ3) is 4.50. The molecule has 3 aliphatic rings. The van der Waals surface area contributed by atoms with Crippen LogP contribution in [-0.2, 0) is 17.9 Å². The van der Waals surface area contributed by atoms with Crippen molar-refractivity contribution in [2.45, 2.75) is 38.3 Å². The fourth-order valence-corrected chi connectivity index (χ4v) is 5.94. The van der Waals surface area contributed by atoms with Crippen LogP contribution in [0.3, 0.4) is 0 Å². The monoisotopic (exact) mass is 521 g/mol. The summed E-state index contributed by atoms with van der Waals surface area (Å²) < 4.78 is 2.11. The van der Waals surface area contributed by atoms with Crippen molar-refractivity contribution in [3.05, 3.63) is 64.8 Å². The number of hydrogen-bond acceptors (Lipinski definition) is 6. The van der Waals surface area contributed by atoms with E-state index in [1.807, 2.05) is 42.6 Å². The second-order valence-electron chi connectivity index (χ2n) is 9.94. The smallest absolute Gasteiger partial charge is 0.407 e. The standard InChI is InChI=1S/C26H28ClN7O3/c27-20-4-5-21-19(13-20)15-33(25(35)18-8-12-32(14-18)26(36)37)16-23-29-30-24(34(21)23)17-6-10-31(11-7-17)22-3-1-2-9-28-22/h1-5,9,13,17-18H,6-8,10-12,14-16H2,(H,36,37). The summed E-state index contributed by atoms with van der Waals surface area (Å²) in [5.41, 5.74) is 1.88. The number of carbonyl (C=O) groups excluding carboxylic acids is 1. The van der Waals surface area contributed by atoms with E-state index in [0.29, 0.717) is 36.9 Å². The van der Waals surface area contributed by atoms with Gasteiger partial charge in [-0.3, -0.25) is 9.36 Å². The largest absolute Gasteiger partial charge is 0.465 e. The Morgan fingerprint density at radius 1 is 0.973 bits per heavy atom. The predicted molar refractivity (Wildman–Crippen MR) is 137 cm³/mol. The molecule has 37 heavy (non-hydrogen) atoms. The summed E-state index contributed by atoms with van der Waals surface area (Å²) in [7, 11) is 0. The first kappa shape index (κ1) is 23.7. The number of amides is 2. The van der Waals surface area contributed by atoms with Crippen molar-refractivity contribution in [2.24, 2.45) is 5.92 Å². The van der Waals surface area contributed by atoms with Gasteiger partial charge in [0.2, 0.25) is 5.91 Å². The Labute approximate surface area is 219 Å². The van der Waals surface area contributed by atoms with Crippen LogP contribution in [0.4, 0.5) is 10.6 Å². The first-order valence-electron chi connectivity index (χ1n) is 12.6. The number of fused-ring (bicyclic) bond motifs is 3. The van der Waals surface area contributed by atoms with E-state index in [9.17, 15) is 14.7 Å². The van der Waals surface area contributed by atoms with Gasteiger partial charge in [0, 0.05) is 49.9 Å². The van der Waals surface area contributed by atoms with Crippen molar-refractivity contribution in [2.75, 3.05) is 31.1 Å². The van der Waals surface area contributed by atoms with Gasteiger partial charge in [-0.25, -0.2) is 9.78 Å². The zero-order valence-corrected chi connectivity index (χ0v) is 21.1. The molecule has 0 radical (unpaired) electrons. The zero-order chi connectivity index (χ0) is 25.5. The minimum Gasteiger partial charge on any atom is -0.465 e. The molecule has 2 aromatic heterocycles. The molecule has 1 N–H and O–H groups in total. The number of pyridine rings is 1. The van der Waals surface area contributed by atoms with Crippen molar-refractivity contribution < 1.29 is 14.7 Å². The Morgan fingerprint density at radius 2 is 1.81 bits per heavy atom. The third-order valence-electron chi connectivity index (χ3n) is 7.68. The molecule has 2 saturated heterocycles. The minimum atomic E-state index is -0.984. The summed E-state index contributed by atoms with van der Waals surface area (Å²) >= 11 is 6.37. The maximum Gasteiger partial charge on any atom is 0.407 e. The Balaban J connectivity index is 1.28. The number of halogens is 1. The number of anilines is 1. The number of benzene rings is 1. The molecule has 1 atom stereocenters. The number of aromatic nitrogens is 4. The molecular formula is C26H28ClN7O3. The van der Waals surface area contributed by atoms with Crippen molar-refractivity contribution in [3.63, 3.8) is 0 Å². The van der Waals surface area contributed by atoms with Crippen LogP contribution in [0.1, 0.15) is 42.4 Å². The van der Waals surface area contributed by atoms with Gasteiger partial charge in [-0.05, 0) is 55.2 Å². The molecule has 11 heteroatoms. The Hall–Kier alpha value is -3.66. The summed E-state index contributed by atoms with van der Waals surface area (Å²) in [5.74, 6) is 2.42. The van der Waals surface area contributed by atoms with E-state index in [1.54, 1.807) is 4.90 Å². The van der Waals surface area contributed by atoms with E-state index in [-0.39, 0.29) is 24.3 Å². The number of rotatable bonds is 3. The number of nitrogens with zero attached hydrogens (tertiary/aromatic N) is 7. The number of hydrogen-bond donors (Lipinski definition) is 1. The quantitative estimate of drug-likeness (QED) is 0.561. The van der Waals surface area contributed by atoms with Crippen LogP contribution in [0.25, 0.3) is 5.69 Å². The summed E-state index contributed by atoms with van der Waals surface area (Å²) in [6, 6.07) is 11.7. The van der Waals surface area contributed by atoms with Crippen LogP contribution in [0.15, 0.2) is 42.6 Å². The van der Waals surface area contributed by atoms with Gasteiger partial charge in [0.05, 0.1) is 18.2 Å². The van der Waals surface area contributed by atoms with Crippen molar-refractivity contribution in [1.82, 2.24) is 29.5 Å². The Bertz CT molecular complexity index is 1320. The topological polar surface area (TPSA) is 108 Å². The lowest BCUT2D eigenvalue weighted by Gasteiger charge is -2.32. The highest BCUT2D eigenvalue weighted by Crippen LogP contribution is 2.35. The van der Waals surface area contributed by atoms with E-state index in [1.165, 1.54) is 4.90 Å². The van der Waals surface area contributed by atoms with Gasteiger partial charge in [-0.15, -0.1) is 10.2 Å². The van der Waals surface area contributed by atoms with Crippen LogP contribution in [0.5, 0.6) is 0 Å². The molecule has 0 aliphatic carbocycles. The lowest BCUT2D eigenvalue weighted by atomic mass is 9.95. The predicted octanol–water partition coefficient (Wildman–Crippen LogP) is 3.54. The van der Waals surface area contributed by atoms with Crippen LogP contribution in [-0.4, -0.2) is 72.8 Å². The van der Waals surface area contributed by atoms with Crippen molar-refractivity contribution >= 4 is 29.4 Å². The molecule has 3 aliphatic heterocycles. The van der Waals surface area contributed by atoms with E-state index in [0.717, 1.165) is 48.8 Å². The summed E-state index contributed by atoms with van der Waals surface area (Å²) in [4.78, 5) is 34.8. The normalized spacial score (nSPS) is 19.9. The highest BCUT2D eigenvalue weighted by molar-refractivity contribution is 6.30. The molecule has 192 valence electrons. The van der Waals surface area contributed by atoms with Gasteiger partial charge in [-0.2, -0.15) is 0 Å². The second kappa shape index (κ2) is 9.66. The minimum absolute atomic E-state index is 0.0589. The van der Waals surface area contributed by atoms with Gasteiger partial charge >= 0.3 is 6.09 Å². The lowest BCUT2D eigenvalue weighted by molar-refractivity contribution is -0.136. The SMILES string of the molecule is O=C(O)N1CCC(C(=O)N2Cc3cc(Cl)ccc3-n3c(nnc3C3CCN(c4ccccn4)CC3)C2)C1. The average Bonchev–Trinajstić information content (AvgIpc) is 3.54. The lowest BCUT2D eigenvalue weighted by Crippen LogP contribution is -2.37. The highest BCUT2D eigenvalue weighted by atomic mass is 35.5. The van der Waals surface area contributed by atoms with E-state index in [4.69, 9.17) is 11.6 Å². The summed E-state index contributed by atoms with van der Waals surface area (Å²) in [6.45, 7) is 3.06. The van der Waals surface area contributed by atoms with Crippen LogP contribution >= 0.6 is 11.6 Å². The average molecular weight is 522 g/mol. The summed E-state index contributed by atoms with van der Waals surface area (Å²) in [6.07, 6.45) is 3.21. The maximum atomic E-state index is 13.5. The molecule has 0 bridgehead atoms. The molecule has 10 nitrogen and oxygen atoms in total. The fourth-order valence-electron chi connectivity index (χ4n) is 5.75. The molecule has 1 aromatic carbocycles. The van der Waals surface area contributed by atoms with Gasteiger partial charge in [-0.1, -0.05) is 17.7 Å². The zero-order valence-electron chi connectivity index (χ0n) is 20.3. The highest BCUT2D eigenvalue weighted by Gasteiger charge is 2.36. The van der Waals surface area contributed by atoms with Crippen LogP contribution in [0.2, 0.25) is 5.02 Å². The van der Waals surface area contributed by atoms with E-state index >= 15 is 0 Å². The third-order valence-corrected chi connectivity index (χ3v) is 7.92. The molecule has 1 unspecified atom stereocenters. The first-order valence-corrected chi connectivity index (χ1v) is 13.0. The number of carbonyl (C=O) groups is 2. The molecule has 2 amide bonds. The van der Waals surface area contributed by atoms with Crippen molar-refractivity contribution in [1.29, 1.82) is 0 Å². The van der Waals surface area contributed by atoms with Gasteiger partial charge < -0.3 is 19.8 Å². The molecule has 2 fully saturated rings.